The quantitative estimate of drug-likeness (QED) is 0.629. The van der Waals surface area contributed by atoms with E-state index in [9.17, 15) is 4.79 Å². The average Bonchev–Trinajstić information content (AvgIpc) is 2.66. The monoisotopic (exact) mass is 284 g/mol. The van der Waals surface area contributed by atoms with E-state index >= 15 is 0 Å². The Hall–Kier alpha value is -0.870. The van der Waals surface area contributed by atoms with Gasteiger partial charge in [0.05, 0.1) is 24.5 Å². The highest BCUT2D eigenvalue weighted by Crippen LogP contribution is 2.18. The molecule has 0 aromatic heterocycles. The molecule has 0 spiro atoms. The standard InChI is InChI=1S/C12H13BrO3/c13-10-7-15-8-11(10)16-12(14)6-9-4-2-1-3-5-9/h1-5,10-11H,6-8H2/t10-,11?/m1/s1. The number of carbonyl (C=O) groups is 1. The Morgan fingerprint density at radius 3 is 2.75 bits per heavy atom. The van der Waals surface area contributed by atoms with Gasteiger partial charge in [0.2, 0.25) is 0 Å². The zero-order chi connectivity index (χ0) is 11.4. The van der Waals surface area contributed by atoms with Crippen LogP contribution < -0.4 is 0 Å². The van der Waals surface area contributed by atoms with Crippen LogP contribution in [0.4, 0.5) is 0 Å². The van der Waals surface area contributed by atoms with Crippen LogP contribution in [0.15, 0.2) is 30.3 Å². The van der Waals surface area contributed by atoms with Crippen LogP contribution in [-0.2, 0) is 20.7 Å². The van der Waals surface area contributed by atoms with Gasteiger partial charge in [-0.2, -0.15) is 0 Å². The Bertz CT molecular complexity index is 353. The highest BCUT2D eigenvalue weighted by molar-refractivity contribution is 9.09. The zero-order valence-electron chi connectivity index (χ0n) is 8.77. The summed E-state index contributed by atoms with van der Waals surface area (Å²) in [6.07, 6.45) is 0.160. The van der Waals surface area contributed by atoms with Crippen LogP contribution in [0.2, 0.25) is 0 Å². The second kappa shape index (κ2) is 5.46. The van der Waals surface area contributed by atoms with Gasteiger partial charge in [-0.1, -0.05) is 46.3 Å². The minimum atomic E-state index is -0.203. The van der Waals surface area contributed by atoms with E-state index in [-0.39, 0.29) is 16.9 Å². The first kappa shape index (κ1) is 11.6. The van der Waals surface area contributed by atoms with E-state index in [2.05, 4.69) is 15.9 Å². The predicted octanol–water partition coefficient (Wildman–Crippen LogP) is 1.93. The molecular weight excluding hydrogens is 272 g/mol. The van der Waals surface area contributed by atoms with E-state index < -0.39 is 0 Å². The minimum absolute atomic E-state index is 0.118. The second-order valence-corrected chi connectivity index (χ2v) is 4.92. The first-order valence-corrected chi connectivity index (χ1v) is 6.12. The van der Waals surface area contributed by atoms with Crippen molar-refractivity contribution in [3.8, 4) is 0 Å². The molecule has 1 aliphatic heterocycles. The first-order valence-electron chi connectivity index (χ1n) is 5.21. The summed E-state index contributed by atoms with van der Waals surface area (Å²) in [4.78, 5) is 11.7. The Labute approximate surface area is 103 Å². The zero-order valence-corrected chi connectivity index (χ0v) is 10.4. The lowest BCUT2D eigenvalue weighted by atomic mass is 10.1. The predicted molar refractivity (Wildman–Crippen MR) is 63.6 cm³/mol. The third-order valence-corrected chi connectivity index (χ3v) is 3.29. The van der Waals surface area contributed by atoms with Crippen molar-refractivity contribution in [2.24, 2.45) is 0 Å². The van der Waals surface area contributed by atoms with Crippen molar-refractivity contribution in [2.75, 3.05) is 13.2 Å². The van der Waals surface area contributed by atoms with Crippen molar-refractivity contribution in [1.29, 1.82) is 0 Å². The Kier molecular flexibility index (Phi) is 3.96. The van der Waals surface area contributed by atoms with E-state index in [1.165, 1.54) is 0 Å². The Morgan fingerprint density at radius 2 is 2.12 bits per heavy atom. The molecule has 0 aliphatic carbocycles. The molecule has 1 unspecified atom stereocenters. The topological polar surface area (TPSA) is 35.5 Å². The summed E-state index contributed by atoms with van der Waals surface area (Å²) in [5.41, 5.74) is 0.970. The fourth-order valence-corrected chi connectivity index (χ4v) is 2.04. The number of carbonyl (C=O) groups excluding carboxylic acids is 1. The van der Waals surface area contributed by atoms with Crippen LogP contribution in [0.5, 0.6) is 0 Å². The van der Waals surface area contributed by atoms with Gasteiger partial charge >= 0.3 is 5.97 Å². The summed E-state index contributed by atoms with van der Waals surface area (Å²) in [5, 5.41) is 0. The van der Waals surface area contributed by atoms with Gasteiger partial charge < -0.3 is 9.47 Å². The van der Waals surface area contributed by atoms with Crippen LogP contribution in [-0.4, -0.2) is 30.1 Å². The largest absolute Gasteiger partial charge is 0.458 e. The van der Waals surface area contributed by atoms with Gasteiger partial charge in [0.15, 0.2) is 0 Å². The van der Waals surface area contributed by atoms with Crippen LogP contribution in [0.3, 0.4) is 0 Å². The van der Waals surface area contributed by atoms with Crippen LogP contribution >= 0.6 is 15.9 Å². The van der Waals surface area contributed by atoms with Crippen LogP contribution in [0.1, 0.15) is 5.56 Å². The summed E-state index contributed by atoms with van der Waals surface area (Å²) in [6, 6.07) is 9.58. The maximum Gasteiger partial charge on any atom is 0.310 e. The molecule has 2 atom stereocenters. The maximum absolute atomic E-state index is 11.6. The number of benzene rings is 1. The van der Waals surface area contributed by atoms with Gasteiger partial charge in [0.25, 0.3) is 0 Å². The molecule has 1 fully saturated rings. The van der Waals surface area contributed by atoms with Crippen molar-refractivity contribution < 1.29 is 14.3 Å². The number of halogens is 1. The van der Waals surface area contributed by atoms with E-state index in [1.807, 2.05) is 30.3 Å². The molecule has 86 valence electrons. The lowest BCUT2D eigenvalue weighted by Crippen LogP contribution is -2.26. The average molecular weight is 285 g/mol. The molecule has 0 radical (unpaired) electrons. The Morgan fingerprint density at radius 1 is 1.38 bits per heavy atom. The number of rotatable bonds is 3. The van der Waals surface area contributed by atoms with Crippen LogP contribution in [0, 0.1) is 0 Å². The van der Waals surface area contributed by atoms with Crippen molar-refractivity contribution in [1.82, 2.24) is 0 Å². The summed E-state index contributed by atoms with van der Waals surface area (Å²) in [7, 11) is 0. The van der Waals surface area contributed by atoms with Gasteiger partial charge in [0.1, 0.15) is 6.10 Å². The summed E-state index contributed by atoms with van der Waals surface area (Å²) < 4.78 is 10.5. The van der Waals surface area contributed by atoms with Gasteiger partial charge in [-0.25, -0.2) is 0 Å². The fourth-order valence-electron chi connectivity index (χ4n) is 1.59. The molecule has 0 amide bonds. The molecule has 16 heavy (non-hydrogen) atoms. The third-order valence-electron chi connectivity index (χ3n) is 2.44. The normalized spacial score (nSPS) is 24.3. The highest BCUT2D eigenvalue weighted by Gasteiger charge is 2.29. The molecule has 4 heteroatoms. The van der Waals surface area contributed by atoms with Crippen LogP contribution in [0.25, 0.3) is 0 Å². The molecule has 1 saturated heterocycles. The highest BCUT2D eigenvalue weighted by atomic mass is 79.9. The number of alkyl halides is 1. The van der Waals surface area contributed by atoms with Crippen molar-refractivity contribution in [3.05, 3.63) is 35.9 Å². The van der Waals surface area contributed by atoms with E-state index in [0.717, 1.165) is 5.56 Å². The SMILES string of the molecule is O=C(Cc1ccccc1)OC1COC[C@H]1Br. The summed E-state index contributed by atoms with van der Waals surface area (Å²) >= 11 is 3.42. The molecule has 3 nitrogen and oxygen atoms in total. The smallest absolute Gasteiger partial charge is 0.310 e. The number of esters is 1. The molecule has 0 bridgehead atoms. The first-order chi connectivity index (χ1) is 7.75. The lowest BCUT2D eigenvalue weighted by molar-refractivity contribution is -0.147. The number of ether oxygens (including phenoxy) is 2. The molecular formula is C12H13BrO3. The van der Waals surface area contributed by atoms with Gasteiger partial charge in [-0.05, 0) is 5.56 Å². The Balaban J connectivity index is 1.85. The molecule has 0 saturated carbocycles. The van der Waals surface area contributed by atoms with Crippen molar-refractivity contribution in [3.63, 3.8) is 0 Å². The number of hydrogen-bond donors (Lipinski definition) is 0. The number of hydrogen-bond acceptors (Lipinski definition) is 3. The third kappa shape index (κ3) is 3.06. The van der Waals surface area contributed by atoms with Crippen molar-refractivity contribution in [2.45, 2.75) is 17.4 Å². The van der Waals surface area contributed by atoms with Crippen molar-refractivity contribution >= 4 is 21.9 Å². The minimum Gasteiger partial charge on any atom is -0.458 e. The van der Waals surface area contributed by atoms with Gasteiger partial charge in [0, 0.05) is 0 Å². The van der Waals surface area contributed by atoms with E-state index in [0.29, 0.717) is 19.6 Å². The second-order valence-electron chi connectivity index (χ2n) is 3.74. The van der Waals surface area contributed by atoms with E-state index in [4.69, 9.17) is 9.47 Å². The van der Waals surface area contributed by atoms with Gasteiger partial charge in [-0.3, -0.25) is 4.79 Å². The van der Waals surface area contributed by atoms with Gasteiger partial charge in [-0.15, -0.1) is 0 Å². The molecule has 1 aliphatic rings. The fraction of sp³-hybridized carbons (Fsp3) is 0.417. The summed E-state index contributed by atoms with van der Waals surface area (Å²) in [5.74, 6) is -0.203. The molecule has 2 rings (SSSR count). The molecule has 1 aromatic rings. The molecule has 0 N–H and O–H groups in total. The molecule has 1 heterocycles. The molecule has 1 aromatic carbocycles. The maximum atomic E-state index is 11.6. The van der Waals surface area contributed by atoms with E-state index in [1.54, 1.807) is 0 Å². The summed E-state index contributed by atoms with van der Waals surface area (Å²) in [6.45, 7) is 1.08. The lowest BCUT2D eigenvalue weighted by Gasteiger charge is -2.13.